The number of rotatable bonds is 5. The topological polar surface area (TPSA) is 115 Å². The Hall–Kier alpha value is -5.20. The zero-order valence-electron chi connectivity index (χ0n) is 25.2. The molecular weight excluding hydrogens is 585 g/mol. The van der Waals surface area contributed by atoms with Crippen LogP contribution in [0.2, 0.25) is 0 Å². The summed E-state index contributed by atoms with van der Waals surface area (Å²) in [7, 11) is 1.73. The second-order valence-corrected chi connectivity index (χ2v) is 11.5. The summed E-state index contributed by atoms with van der Waals surface area (Å²) in [6.07, 6.45) is 2.78. The third kappa shape index (κ3) is 4.78. The minimum Gasteiger partial charge on any atom is -0.398 e. The molecule has 45 heavy (non-hydrogen) atoms. The Labute approximate surface area is 256 Å². The van der Waals surface area contributed by atoms with Gasteiger partial charge in [-0.25, -0.2) is 32.5 Å². The van der Waals surface area contributed by atoms with Gasteiger partial charge in [0.2, 0.25) is 5.91 Å². The highest BCUT2D eigenvalue weighted by Gasteiger charge is 2.32. The van der Waals surface area contributed by atoms with Crippen LogP contribution in [0.25, 0.3) is 39.0 Å². The lowest BCUT2D eigenvalue weighted by molar-refractivity contribution is -0.126. The van der Waals surface area contributed by atoms with E-state index in [2.05, 4.69) is 21.5 Å². The largest absolute Gasteiger partial charge is 0.398 e. The molecule has 0 aliphatic carbocycles. The van der Waals surface area contributed by atoms with Gasteiger partial charge in [-0.15, -0.1) is 0 Å². The molecule has 0 saturated carbocycles. The first-order valence-corrected chi connectivity index (χ1v) is 14.4. The molecule has 1 aliphatic heterocycles. The van der Waals surface area contributed by atoms with Gasteiger partial charge in [-0.2, -0.15) is 4.98 Å². The molecule has 5 aromatic rings. The number of hydrogen-bond acceptors (Lipinski definition) is 7. The second kappa shape index (κ2) is 11.1. The molecule has 0 bridgehead atoms. The van der Waals surface area contributed by atoms with Crippen LogP contribution in [0, 0.1) is 17.5 Å². The van der Waals surface area contributed by atoms with Crippen molar-refractivity contribution in [3.05, 3.63) is 82.8 Å². The predicted molar refractivity (Wildman–Crippen MR) is 167 cm³/mol. The van der Waals surface area contributed by atoms with Gasteiger partial charge in [0.1, 0.15) is 23.1 Å². The fourth-order valence-electron chi connectivity index (χ4n) is 6.11. The highest BCUT2D eigenvalue weighted by atomic mass is 19.1. The van der Waals surface area contributed by atoms with Crippen molar-refractivity contribution in [3.8, 4) is 16.9 Å². The molecular formula is C32H31F3N8O2. The van der Waals surface area contributed by atoms with Gasteiger partial charge in [-0.1, -0.05) is 26.5 Å². The van der Waals surface area contributed by atoms with Crippen molar-refractivity contribution in [1.82, 2.24) is 29.0 Å². The number of aryl methyl sites for hydroxylation is 1. The van der Waals surface area contributed by atoms with Crippen LogP contribution in [0.15, 0.2) is 54.1 Å². The maximum Gasteiger partial charge on any atom is 0.355 e. The Balaban J connectivity index is 1.70. The van der Waals surface area contributed by atoms with Gasteiger partial charge in [-0.05, 0) is 37.1 Å². The molecule has 232 valence electrons. The Morgan fingerprint density at radius 1 is 1.11 bits per heavy atom. The van der Waals surface area contributed by atoms with Crippen LogP contribution >= 0.6 is 0 Å². The summed E-state index contributed by atoms with van der Waals surface area (Å²) in [5, 5.41) is 0.0938. The molecule has 13 heteroatoms. The van der Waals surface area contributed by atoms with Crippen molar-refractivity contribution in [2.24, 2.45) is 7.05 Å². The van der Waals surface area contributed by atoms with Crippen molar-refractivity contribution in [1.29, 1.82) is 0 Å². The van der Waals surface area contributed by atoms with Crippen LogP contribution in [0.3, 0.4) is 0 Å². The van der Waals surface area contributed by atoms with Gasteiger partial charge >= 0.3 is 5.69 Å². The number of benzene rings is 2. The molecule has 0 spiro atoms. The molecule has 1 amide bonds. The second-order valence-electron chi connectivity index (χ2n) is 11.5. The molecule has 0 unspecified atom stereocenters. The highest BCUT2D eigenvalue weighted by molar-refractivity contribution is 5.93. The van der Waals surface area contributed by atoms with Crippen molar-refractivity contribution in [3.63, 3.8) is 0 Å². The van der Waals surface area contributed by atoms with Crippen LogP contribution in [0.1, 0.15) is 32.3 Å². The minimum atomic E-state index is -0.912. The molecule has 1 atom stereocenters. The molecule has 1 fully saturated rings. The molecule has 0 radical (unpaired) electrons. The zero-order valence-corrected chi connectivity index (χ0v) is 25.2. The smallest absolute Gasteiger partial charge is 0.355 e. The van der Waals surface area contributed by atoms with Crippen molar-refractivity contribution >= 4 is 39.5 Å². The van der Waals surface area contributed by atoms with E-state index in [-0.39, 0.29) is 58.2 Å². The summed E-state index contributed by atoms with van der Waals surface area (Å²) in [6.45, 7) is 9.92. The van der Waals surface area contributed by atoms with Crippen LogP contribution in [0.4, 0.5) is 24.7 Å². The maximum absolute atomic E-state index is 16.2. The first kappa shape index (κ1) is 29.9. The van der Waals surface area contributed by atoms with Gasteiger partial charge in [0.15, 0.2) is 11.5 Å². The number of halogens is 3. The number of imidazole rings is 1. The average molecular weight is 617 g/mol. The summed E-state index contributed by atoms with van der Waals surface area (Å²) in [5.74, 6) is -2.91. The monoisotopic (exact) mass is 616 g/mol. The van der Waals surface area contributed by atoms with Crippen LogP contribution in [-0.4, -0.2) is 60.6 Å². The standard InChI is InChI=1S/C32H31F3N8O2/c1-6-24(44)41-10-11-42(17(4)14-41)30-18-12-20(34)27(26-19(33)8-7-9-22(26)36)38-31(18)43(32(45)39-30)29-21(35)13-23-28(25(29)16(2)3)37-15-40(23)5/h6-9,12-13,15-17H,1,10-11,14,36H2,2-5H3/t17-/m0/s1. The molecule has 6 rings (SSSR count). The minimum absolute atomic E-state index is 0.0653. The van der Waals surface area contributed by atoms with E-state index in [1.54, 1.807) is 27.7 Å². The van der Waals surface area contributed by atoms with Crippen LogP contribution in [-0.2, 0) is 11.8 Å². The van der Waals surface area contributed by atoms with E-state index < -0.39 is 28.8 Å². The zero-order chi connectivity index (χ0) is 32.3. The average Bonchev–Trinajstić information content (AvgIpc) is 3.35. The Kier molecular flexibility index (Phi) is 7.34. The maximum atomic E-state index is 16.2. The van der Waals surface area contributed by atoms with Crippen molar-refractivity contribution in [2.45, 2.75) is 32.7 Å². The van der Waals surface area contributed by atoms with Crippen LogP contribution in [0.5, 0.6) is 0 Å². The molecule has 2 aromatic carbocycles. The predicted octanol–water partition coefficient (Wildman–Crippen LogP) is 4.68. The van der Waals surface area contributed by atoms with Gasteiger partial charge in [0, 0.05) is 50.0 Å². The van der Waals surface area contributed by atoms with E-state index in [4.69, 9.17) is 5.73 Å². The lowest BCUT2D eigenvalue weighted by Gasteiger charge is -2.40. The van der Waals surface area contributed by atoms with Gasteiger partial charge < -0.3 is 20.1 Å². The Morgan fingerprint density at radius 2 is 1.87 bits per heavy atom. The lowest BCUT2D eigenvalue weighted by atomic mass is 9.98. The van der Waals surface area contributed by atoms with Gasteiger partial charge in [0.25, 0.3) is 0 Å². The highest BCUT2D eigenvalue weighted by Crippen LogP contribution is 2.37. The number of pyridine rings is 1. The number of piperazine rings is 1. The van der Waals surface area contributed by atoms with Gasteiger partial charge in [-0.3, -0.25) is 4.79 Å². The van der Waals surface area contributed by atoms with E-state index in [0.29, 0.717) is 29.7 Å². The number of hydrogen-bond donors (Lipinski definition) is 1. The first-order valence-electron chi connectivity index (χ1n) is 14.4. The molecule has 1 saturated heterocycles. The van der Waals surface area contributed by atoms with Crippen molar-refractivity contribution in [2.75, 3.05) is 30.3 Å². The summed E-state index contributed by atoms with van der Waals surface area (Å²) >= 11 is 0. The van der Waals surface area contributed by atoms with E-state index in [0.717, 1.165) is 16.7 Å². The number of carbonyl (C=O) groups is 1. The Morgan fingerprint density at radius 3 is 2.53 bits per heavy atom. The lowest BCUT2D eigenvalue weighted by Crippen LogP contribution is -2.54. The Bertz CT molecular complexity index is 2070. The summed E-state index contributed by atoms with van der Waals surface area (Å²) in [6, 6.07) is 5.96. The number of amides is 1. The number of fused-ring (bicyclic) bond motifs is 2. The van der Waals surface area contributed by atoms with E-state index in [1.807, 2.05) is 20.8 Å². The molecule has 2 N–H and O–H groups in total. The third-order valence-corrected chi connectivity index (χ3v) is 8.25. The normalized spacial score (nSPS) is 15.4. The van der Waals surface area contributed by atoms with E-state index in [9.17, 15) is 9.59 Å². The number of anilines is 2. The molecule has 3 aromatic heterocycles. The third-order valence-electron chi connectivity index (χ3n) is 8.25. The van der Waals surface area contributed by atoms with E-state index in [1.165, 1.54) is 24.3 Å². The summed E-state index contributed by atoms with van der Waals surface area (Å²) < 4.78 is 50.0. The van der Waals surface area contributed by atoms with Crippen LogP contribution < -0.4 is 16.3 Å². The number of carbonyl (C=O) groups excluding carboxylic acids is 1. The SMILES string of the molecule is C=CC(=O)N1CCN(c2nc(=O)n(-c3c(F)cc4c(ncn4C)c3C(C)C)c3nc(-c4c(N)cccc4F)c(F)cc23)[C@@H](C)C1. The number of nitrogens with two attached hydrogens (primary N) is 1. The quantitative estimate of drug-likeness (QED) is 0.225. The fourth-order valence-corrected chi connectivity index (χ4v) is 6.11. The van der Waals surface area contributed by atoms with Gasteiger partial charge in [0.05, 0.1) is 34.0 Å². The molecule has 1 aliphatic rings. The fraction of sp³-hybridized carbons (Fsp3) is 0.281. The first-order chi connectivity index (χ1) is 21.4. The molecule has 4 heterocycles. The molecule has 10 nitrogen and oxygen atoms in total. The number of nitrogens with zero attached hydrogens (tertiary/aromatic N) is 7. The number of nitrogen functional groups attached to an aromatic ring is 1. The van der Waals surface area contributed by atoms with Crippen molar-refractivity contribution < 1.29 is 18.0 Å². The van der Waals surface area contributed by atoms with E-state index >= 15 is 13.2 Å². The summed E-state index contributed by atoms with van der Waals surface area (Å²) in [4.78, 5) is 43.1. The summed E-state index contributed by atoms with van der Waals surface area (Å²) in [5.41, 5.74) is 5.53. The number of aromatic nitrogens is 5.